The zero-order valence-electron chi connectivity index (χ0n) is 11.8. The Labute approximate surface area is 151 Å². The third-order valence-electron chi connectivity index (χ3n) is 2.71. The number of amides is 1. The second-order valence-electron chi connectivity index (χ2n) is 4.44. The number of hydrogen-bond donors (Lipinski definition) is 1. The lowest BCUT2D eigenvalue weighted by molar-refractivity contribution is -0.118. The summed E-state index contributed by atoms with van der Waals surface area (Å²) in [7, 11) is 0. The van der Waals surface area contributed by atoms with E-state index in [1.165, 1.54) is 0 Å². The highest BCUT2D eigenvalue weighted by Gasteiger charge is 2.16. The third kappa shape index (κ3) is 4.21. The predicted octanol–water partition coefficient (Wildman–Crippen LogP) is 4.02. The quantitative estimate of drug-likeness (QED) is 0.713. The summed E-state index contributed by atoms with van der Waals surface area (Å²) >= 11 is 14.4. The van der Waals surface area contributed by atoms with E-state index in [1.54, 1.807) is 26.1 Å². The standard InChI is InChI=1S/C14H12Cl2IN3O2/c1-7-12(15)14(13(16)8(2)19-7)22-6-11(21)20-10-4-3-9(17)5-18-10/h3-5H,6H2,1-2H3,(H,18,20,21). The SMILES string of the molecule is Cc1nc(C)c(Cl)c(OCC(=O)Nc2ccc(I)cn2)c1Cl. The number of ether oxygens (including phenoxy) is 1. The normalized spacial score (nSPS) is 10.4. The van der Waals surface area contributed by atoms with E-state index in [4.69, 9.17) is 27.9 Å². The van der Waals surface area contributed by atoms with Crippen LogP contribution >= 0.6 is 45.8 Å². The third-order valence-corrected chi connectivity index (χ3v) is 4.24. The van der Waals surface area contributed by atoms with Crippen LogP contribution in [0.3, 0.4) is 0 Å². The number of carbonyl (C=O) groups is 1. The number of anilines is 1. The summed E-state index contributed by atoms with van der Waals surface area (Å²) in [5.74, 6) is 0.361. The molecule has 0 unspecified atom stereocenters. The molecule has 0 aliphatic carbocycles. The highest BCUT2D eigenvalue weighted by molar-refractivity contribution is 14.1. The van der Waals surface area contributed by atoms with Crippen molar-refractivity contribution in [3.05, 3.63) is 43.3 Å². The number of pyridine rings is 2. The van der Waals surface area contributed by atoms with Crippen LogP contribution in [0.4, 0.5) is 5.82 Å². The lowest BCUT2D eigenvalue weighted by Gasteiger charge is -2.12. The molecule has 1 N–H and O–H groups in total. The van der Waals surface area contributed by atoms with Gasteiger partial charge in [-0.2, -0.15) is 0 Å². The maximum absolute atomic E-state index is 11.9. The predicted molar refractivity (Wildman–Crippen MR) is 94.8 cm³/mol. The summed E-state index contributed by atoms with van der Waals surface area (Å²) in [6.07, 6.45) is 1.65. The van der Waals surface area contributed by atoms with Crippen LogP contribution < -0.4 is 10.1 Å². The minimum absolute atomic E-state index is 0.226. The molecule has 0 aliphatic rings. The average Bonchev–Trinajstić information content (AvgIpc) is 2.47. The highest BCUT2D eigenvalue weighted by atomic mass is 127. The largest absolute Gasteiger partial charge is 0.480 e. The molecular formula is C14H12Cl2IN3O2. The van der Waals surface area contributed by atoms with Crippen molar-refractivity contribution >= 4 is 57.5 Å². The summed E-state index contributed by atoms with van der Waals surface area (Å²) in [6.45, 7) is 3.26. The van der Waals surface area contributed by atoms with E-state index in [0.29, 0.717) is 27.3 Å². The fourth-order valence-corrected chi connectivity index (χ4v) is 2.42. The van der Waals surface area contributed by atoms with Gasteiger partial charge in [0.25, 0.3) is 5.91 Å². The van der Waals surface area contributed by atoms with Gasteiger partial charge in [0.15, 0.2) is 12.4 Å². The maximum atomic E-state index is 11.9. The molecule has 0 spiro atoms. The van der Waals surface area contributed by atoms with Gasteiger partial charge in [0.1, 0.15) is 15.9 Å². The van der Waals surface area contributed by atoms with Crippen LogP contribution in [-0.2, 0) is 4.79 Å². The number of aromatic nitrogens is 2. The molecule has 0 fully saturated rings. The second-order valence-corrected chi connectivity index (χ2v) is 6.44. The molecule has 1 amide bonds. The molecule has 0 saturated carbocycles. The zero-order chi connectivity index (χ0) is 16.3. The first-order valence-electron chi connectivity index (χ1n) is 6.25. The maximum Gasteiger partial charge on any atom is 0.263 e. The van der Waals surface area contributed by atoms with Crippen LogP contribution in [-0.4, -0.2) is 22.5 Å². The first-order valence-corrected chi connectivity index (χ1v) is 8.08. The molecule has 0 aromatic carbocycles. The molecule has 0 aliphatic heterocycles. The Bertz CT molecular complexity index is 682. The molecule has 2 aromatic rings. The number of rotatable bonds is 4. The summed E-state index contributed by atoms with van der Waals surface area (Å²) in [6, 6.07) is 3.55. The van der Waals surface area contributed by atoms with Crippen LogP contribution in [0.15, 0.2) is 18.3 Å². The topological polar surface area (TPSA) is 64.1 Å². The van der Waals surface area contributed by atoms with Crippen LogP contribution in [0.25, 0.3) is 0 Å². The van der Waals surface area contributed by atoms with Crippen molar-refractivity contribution in [3.63, 3.8) is 0 Å². The fourth-order valence-electron chi connectivity index (χ4n) is 1.67. The minimum Gasteiger partial charge on any atom is -0.480 e. The molecular weight excluding hydrogens is 440 g/mol. The molecule has 0 bridgehead atoms. The fraction of sp³-hybridized carbons (Fsp3) is 0.214. The van der Waals surface area contributed by atoms with Gasteiger partial charge in [-0.15, -0.1) is 0 Å². The number of nitrogens with one attached hydrogen (secondary N) is 1. The zero-order valence-corrected chi connectivity index (χ0v) is 15.5. The van der Waals surface area contributed by atoms with Crippen molar-refractivity contribution in [1.29, 1.82) is 0 Å². The molecule has 22 heavy (non-hydrogen) atoms. The monoisotopic (exact) mass is 451 g/mol. The molecule has 0 saturated heterocycles. The Balaban J connectivity index is 2.04. The van der Waals surface area contributed by atoms with E-state index in [-0.39, 0.29) is 18.3 Å². The molecule has 2 heterocycles. The second kappa shape index (κ2) is 7.43. The van der Waals surface area contributed by atoms with Crippen molar-refractivity contribution < 1.29 is 9.53 Å². The van der Waals surface area contributed by atoms with E-state index < -0.39 is 0 Å². The lowest BCUT2D eigenvalue weighted by Crippen LogP contribution is -2.21. The van der Waals surface area contributed by atoms with Gasteiger partial charge in [-0.1, -0.05) is 23.2 Å². The summed E-state index contributed by atoms with van der Waals surface area (Å²) < 4.78 is 6.42. The van der Waals surface area contributed by atoms with Crippen molar-refractivity contribution in [2.24, 2.45) is 0 Å². The number of hydrogen-bond acceptors (Lipinski definition) is 4. The Morgan fingerprint density at radius 2 is 1.91 bits per heavy atom. The number of nitrogens with zero attached hydrogens (tertiary/aromatic N) is 2. The first-order chi connectivity index (χ1) is 10.4. The van der Waals surface area contributed by atoms with Crippen LogP contribution in [0.2, 0.25) is 10.0 Å². The highest BCUT2D eigenvalue weighted by Crippen LogP contribution is 2.36. The van der Waals surface area contributed by atoms with Crippen LogP contribution in [0.5, 0.6) is 5.75 Å². The Morgan fingerprint density at radius 1 is 1.27 bits per heavy atom. The summed E-state index contributed by atoms with van der Waals surface area (Å²) in [5.41, 5.74) is 1.19. The van der Waals surface area contributed by atoms with Gasteiger partial charge in [-0.25, -0.2) is 4.98 Å². The molecule has 8 heteroatoms. The van der Waals surface area contributed by atoms with Crippen LogP contribution in [0.1, 0.15) is 11.4 Å². The lowest BCUT2D eigenvalue weighted by atomic mass is 10.3. The van der Waals surface area contributed by atoms with Crippen LogP contribution in [0, 0.1) is 17.4 Å². The van der Waals surface area contributed by atoms with Crippen molar-refractivity contribution in [3.8, 4) is 5.75 Å². The summed E-state index contributed by atoms with van der Waals surface area (Å²) in [5, 5.41) is 3.23. The van der Waals surface area contributed by atoms with Gasteiger partial charge in [0.05, 0.1) is 11.4 Å². The van der Waals surface area contributed by atoms with Gasteiger partial charge in [-0.3, -0.25) is 9.78 Å². The van der Waals surface area contributed by atoms with E-state index in [2.05, 4.69) is 37.9 Å². The Hall–Kier alpha value is -1.12. The van der Waals surface area contributed by atoms with E-state index in [9.17, 15) is 4.79 Å². The smallest absolute Gasteiger partial charge is 0.263 e. The number of carbonyl (C=O) groups excluding carboxylic acids is 1. The molecule has 0 radical (unpaired) electrons. The molecule has 0 atom stereocenters. The molecule has 116 valence electrons. The number of halogens is 3. The number of aryl methyl sites for hydroxylation is 2. The minimum atomic E-state index is -0.354. The van der Waals surface area contributed by atoms with Crippen molar-refractivity contribution in [2.45, 2.75) is 13.8 Å². The van der Waals surface area contributed by atoms with Gasteiger partial charge >= 0.3 is 0 Å². The van der Waals surface area contributed by atoms with Gasteiger partial charge in [-0.05, 0) is 48.6 Å². The summed E-state index contributed by atoms with van der Waals surface area (Å²) in [4.78, 5) is 20.1. The molecule has 2 aromatic heterocycles. The Morgan fingerprint density at radius 3 is 2.45 bits per heavy atom. The van der Waals surface area contributed by atoms with Gasteiger partial charge < -0.3 is 10.1 Å². The van der Waals surface area contributed by atoms with E-state index in [1.807, 2.05) is 6.07 Å². The Kier molecular flexibility index (Phi) is 5.82. The molecule has 2 rings (SSSR count). The van der Waals surface area contributed by atoms with Crippen molar-refractivity contribution in [2.75, 3.05) is 11.9 Å². The van der Waals surface area contributed by atoms with Gasteiger partial charge in [0.2, 0.25) is 0 Å². The van der Waals surface area contributed by atoms with E-state index in [0.717, 1.165) is 3.57 Å². The first kappa shape index (κ1) is 17.2. The van der Waals surface area contributed by atoms with E-state index >= 15 is 0 Å². The van der Waals surface area contributed by atoms with Crippen molar-refractivity contribution in [1.82, 2.24) is 9.97 Å². The molecule has 5 nitrogen and oxygen atoms in total. The average molecular weight is 452 g/mol. The van der Waals surface area contributed by atoms with Gasteiger partial charge in [0, 0.05) is 9.77 Å².